The first-order chi connectivity index (χ1) is 9.00. The van der Waals surface area contributed by atoms with Crippen molar-refractivity contribution in [1.82, 2.24) is 4.90 Å². The largest absolute Gasteiger partial charge is 0.349 e. The predicted molar refractivity (Wildman–Crippen MR) is 75.4 cm³/mol. The smallest absolute Gasteiger partial charge is 0.222 e. The standard InChI is InChI=1S/C12H16FNO.CH5N.CH2O/c1-9-4-5-10(11(13)8-9)6-7-12(15)14(2)3;2*1-2/h4-5,8H,6-7H2,1-3H3;2H2,1H3;1H2. The summed E-state index contributed by atoms with van der Waals surface area (Å²) in [7, 11) is 4.90. The van der Waals surface area contributed by atoms with E-state index >= 15 is 0 Å². The van der Waals surface area contributed by atoms with Crippen molar-refractivity contribution < 1.29 is 14.0 Å². The van der Waals surface area contributed by atoms with Gasteiger partial charge >= 0.3 is 0 Å². The van der Waals surface area contributed by atoms with Crippen LogP contribution >= 0.6 is 0 Å². The van der Waals surface area contributed by atoms with E-state index in [9.17, 15) is 9.18 Å². The third-order valence-corrected chi connectivity index (χ3v) is 2.32. The van der Waals surface area contributed by atoms with Crippen LogP contribution in [0.1, 0.15) is 17.5 Å². The number of aryl methyl sites for hydroxylation is 2. The number of rotatable bonds is 3. The van der Waals surface area contributed by atoms with E-state index in [2.05, 4.69) is 5.73 Å². The second kappa shape index (κ2) is 11.3. The molecule has 0 aliphatic carbocycles. The Morgan fingerprint density at radius 1 is 1.32 bits per heavy atom. The van der Waals surface area contributed by atoms with Gasteiger partial charge in [0.25, 0.3) is 0 Å². The molecule has 0 heterocycles. The number of carbonyl (C=O) groups excluding carboxylic acids is 2. The Labute approximate surface area is 114 Å². The maximum absolute atomic E-state index is 13.4. The van der Waals surface area contributed by atoms with Crippen LogP contribution in [0.4, 0.5) is 4.39 Å². The fourth-order valence-electron chi connectivity index (χ4n) is 1.32. The van der Waals surface area contributed by atoms with Crippen molar-refractivity contribution in [2.45, 2.75) is 19.8 Å². The fraction of sp³-hybridized carbons (Fsp3) is 0.429. The van der Waals surface area contributed by atoms with Gasteiger partial charge < -0.3 is 15.4 Å². The number of nitrogens with two attached hydrogens (primary N) is 1. The number of carbonyl (C=O) groups is 2. The molecule has 0 unspecified atom stereocenters. The Balaban J connectivity index is 0. The molecule has 5 heteroatoms. The molecule has 0 saturated carbocycles. The van der Waals surface area contributed by atoms with Crippen molar-refractivity contribution in [1.29, 1.82) is 0 Å². The van der Waals surface area contributed by atoms with Gasteiger partial charge in [-0.2, -0.15) is 0 Å². The number of hydrogen-bond acceptors (Lipinski definition) is 3. The zero-order valence-corrected chi connectivity index (χ0v) is 12.1. The summed E-state index contributed by atoms with van der Waals surface area (Å²) in [5.41, 5.74) is 6.01. The Morgan fingerprint density at radius 2 is 1.84 bits per heavy atom. The second-order valence-electron chi connectivity index (χ2n) is 3.88. The van der Waals surface area contributed by atoms with E-state index in [0.29, 0.717) is 18.4 Å². The van der Waals surface area contributed by atoms with E-state index in [4.69, 9.17) is 4.79 Å². The quantitative estimate of drug-likeness (QED) is 0.906. The normalized spacial score (nSPS) is 8.53. The summed E-state index contributed by atoms with van der Waals surface area (Å²) in [5, 5.41) is 0. The van der Waals surface area contributed by atoms with E-state index in [1.54, 1.807) is 20.2 Å². The number of hydrogen-bond donors (Lipinski definition) is 1. The molecule has 1 aromatic carbocycles. The molecule has 0 aromatic heterocycles. The monoisotopic (exact) mass is 270 g/mol. The summed E-state index contributed by atoms with van der Waals surface area (Å²) in [5.74, 6) is -0.198. The fourth-order valence-corrected chi connectivity index (χ4v) is 1.32. The van der Waals surface area contributed by atoms with Gasteiger partial charge in [0.1, 0.15) is 12.6 Å². The van der Waals surface area contributed by atoms with Crippen LogP contribution in [-0.4, -0.2) is 38.7 Å². The van der Waals surface area contributed by atoms with Gasteiger partial charge in [-0.3, -0.25) is 4.79 Å². The predicted octanol–water partition coefficient (Wildman–Crippen LogP) is 1.54. The van der Waals surface area contributed by atoms with Crippen LogP contribution in [0.2, 0.25) is 0 Å². The number of benzene rings is 1. The summed E-state index contributed by atoms with van der Waals surface area (Å²) >= 11 is 0. The van der Waals surface area contributed by atoms with Crippen LogP contribution in [-0.2, 0) is 16.0 Å². The molecule has 2 N–H and O–H groups in total. The van der Waals surface area contributed by atoms with Crippen LogP contribution in [0.15, 0.2) is 18.2 Å². The first kappa shape index (κ1) is 19.6. The summed E-state index contributed by atoms with van der Waals surface area (Å²) in [6.45, 7) is 3.85. The summed E-state index contributed by atoms with van der Waals surface area (Å²) in [6, 6.07) is 5.10. The van der Waals surface area contributed by atoms with Gasteiger partial charge in [0.15, 0.2) is 0 Å². The first-order valence-corrected chi connectivity index (χ1v) is 5.82. The maximum Gasteiger partial charge on any atom is 0.222 e. The molecule has 0 bridgehead atoms. The highest BCUT2D eigenvalue weighted by Crippen LogP contribution is 2.12. The molecule has 1 aromatic rings. The van der Waals surface area contributed by atoms with E-state index < -0.39 is 0 Å². The van der Waals surface area contributed by atoms with Crippen LogP contribution in [0.3, 0.4) is 0 Å². The van der Waals surface area contributed by atoms with Gasteiger partial charge in [0, 0.05) is 20.5 Å². The molecule has 0 spiro atoms. The van der Waals surface area contributed by atoms with Crippen molar-refractivity contribution >= 4 is 12.7 Å². The summed E-state index contributed by atoms with van der Waals surface area (Å²) in [6.07, 6.45) is 0.816. The number of nitrogens with zero attached hydrogens (tertiary/aromatic N) is 1. The third kappa shape index (κ3) is 8.05. The highest BCUT2D eigenvalue weighted by molar-refractivity contribution is 5.75. The minimum Gasteiger partial charge on any atom is -0.349 e. The second-order valence-corrected chi connectivity index (χ2v) is 3.88. The lowest BCUT2D eigenvalue weighted by atomic mass is 10.1. The molecule has 1 amide bonds. The lowest BCUT2D eigenvalue weighted by Crippen LogP contribution is -2.21. The van der Waals surface area contributed by atoms with Crippen molar-refractivity contribution in [3.8, 4) is 0 Å². The molecule has 0 aliphatic heterocycles. The Hall–Kier alpha value is -1.75. The summed E-state index contributed by atoms with van der Waals surface area (Å²) in [4.78, 5) is 20.8. The van der Waals surface area contributed by atoms with Crippen LogP contribution in [0.5, 0.6) is 0 Å². The van der Waals surface area contributed by atoms with E-state index in [0.717, 1.165) is 5.56 Å². The minimum atomic E-state index is -0.221. The molecule has 0 atom stereocenters. The average Bonchev–Trinajstić information content (AvgIpc) is 2.42. The molecule has 0 saturated heterocycles. The molecule has 108 valence electrons. The molecular weight excluding hydrogens is 247 g/mol. The Morgan fingerprint density at radius 3 is 2.26 bits per heavy atom. The van der Waals surface area contributed by atoms with Crippen molar-refractivity contribution in [2.75, 3.05) is 21.1 Å². The summed E-state index contributed by atoms with van der Waals surface area (Å²) < 4.78 is 13.4. The van der Waals surface area contributed by atoms with Gasteiger partial charge in [-0.15, -0.1) is 0 Å². The van der Waals surface area contributed by atoms with Gasteiger partial charge in [0.2, 0.25) is 5.91 Å². The molecule has 0 fully saturated rings. The van der Waals surface area contributed by atoms with Crippen molar-refractivity contribution in [3.63, 3.8) is 0 Å². The zero-order valence-electron chi connectivity index (χ0n) is 12.1. The van der Waals surface area contributed by atoms with Gasteiger partial charge in [-0.1, -0.05) is 12.1 Å². The third-order valence-electron chi connectivity index (χ3n) is 2.32. The average molecular weight is 270 g/mol. The van der Waals surface area contributed by atoms with Gasteiger partial charge in [0.05, 0.1) is 0 Å². The van der Waals surface area contributed by atoms with Gasteiger partial charge in [-0.05, 0) is 37.6 Å². The molecule has 4 nitrogen and oxygen atoms in total. The van der Waals surface area contributed by atoms with Crippen LogP contribution in [0, 0.1) is 12.7 Å². The Kier molecular flexibility index (Phi) is 11.7. The number of halogens is 1. The Bertz CT molecular complexity index is 382. The first-order valence-electron chi connectivity index (χ1n) is 5.82. The van der Waals surface area contributed by atoms with Crippen LogP contribution in [0.25, 0.3) is 0 Å². The molecular formula is C14H23FN2O2. The lowest BCUT2D eigenvalue weighted by molar-refractivity contribution is -0.128. The maximum atomic E-state index is 13.4. The SMILES string of the molecule is C=O.CN.Cc1ccc(CCC(=O)N(C)C)c(F)c1. The minimum absolute atomic E-state index is 0.0231. The number of amides is 1. The molecule has 0 aliphatic rings. The van der Waals surface area contributed by atoms with E-state index in [1.165, 1.54) is 18.0 Å². The molecule has 0 radical (unpaired) electrons. The van der Waals surface area contributed by atoms with E-state index in [1.807, 2.05) is 19.8 Å². The topological polar surface area (TPSA) is 63.4 Å². The zero-order chi connectivity index (χ0) is 15.4. The van der Waals surface area contributed by atoms with Gasteiger partial charge in [-0.25, -0.2) is 4.39 Å². The van der Waals surface area contributed by atoms with Crippen LogP contribution < -0.4 is 5.73 Å². The lowest BCUT2D eigenvalue weighted by Gasteiger charge is -2.10. The molecule has 19 heavy (non-hydrogen) atoms. The highest BCUT2D eigenvalue weighted by Gasteiger charge is 2.07. The van der Waals surface area contributed by atoms with E-state index in [-0.39, 0.29) is 11.7 Å². The highest BCUT2D eigenvalue weighted by atomic mass is 19.1. The van der Waals surface area contributed by atoms with Crippen molar-refractivity contribution in [2.24, 2.45) is 5.73 Å². The molecule has 1 rings (SSSR count). The van der Waals surface area contributed by atoms with Crippen molar-refractivity contribution in [3.05, 3.63) is 35.1 Å².